The highest BCUT2D eigenvalue weighted by Crippen LogP contribution is 2.45. The van der Waals surface area contributed by atoms with E-state index in [1.807, 2.05) is 66.2 Å². The third kappa shape index (κ3) is 4.45. The second-order valence-electron chi connectivity index (χ2n) is 8.53. The predicted molar refractivity (Wildman–Crippen MR) is 128 cm³/mol. The van der Waals surface area contributed by atoms with Gasteiger partial charge in [0.15, 0.2) is 0 Å². The molecule has 0 amide bonds. The number of hydrogen-bond acceptors (Lipinski definition) is 4. The van der Waals surface area contributed by atoms with Crippen molar-refractivity contribution in [3.05, 3.63) is 106 Å². The molecule has 1 unspecified atom stereocenters. The van der Waals surface area contributed by atoms with E-state index in [-0.39, 0.29) is 23.4 Å². The molecule has 0 aliphatic heterocycles. The molecule has 1 aliphatic rings. The van der Waals surface area contributed by atoms with Gasteiger partial charge in [-0.25, -0.2) is 0 Å². The van der Waals surface area contributed by atoms with Crippen LogP contribution in [0.3, 0.4) is 0 Å². The summed E-state index contributed by atoms with van der Waals surface area (Å²) in [5, 5.41) is 3.52. The van der Waals surface area contributed by atoms with Gasteiger partial charge in [-0.1, -0.05) is 73.7 Å². The number of hydrogen-bond donors (Lipinski definition) is 2. The summed E-state index contributed by atoms with van der Waals surface area (Å²) in [6.07, 6.45) is 4.57. The number of benzene rings is 2. The van der Waals surface area contributed by atoms with Crippen molar-refractivity contribution in [2.24, 2.45) is 5.73 Å². The van der Waals surface area contributed by atoms with Crippen molar-refractivity contribution in [2.45, 2.75) is 50.2 Å². The van der Waals surface area contributed by atoms with Gasteiger partial charge in [0, 0.05) is 23.7 Å². The van der Waals surface area contributed by atoms with Gasteiger partial charge < -0.3 is 10.3 Å². The monoisotopic (exact) mass is 429 g/mol. The lowest BCUT2D eigenvalue weighted by atomic mass is 9.97. The highest BCUT2D eigenvalue weighted by Gasteiger charge is 2.48. The van der Waals surface area contributed by atoms with E-state index in [1.54, 1.807) is 0 Å². The van der Waals surface area contributed by atoms with Gasteiger partial charge in [0.1, 0.15) is 5.78 Å². The Morgan fingerprint density at radius 1 is 1.00 bits per heavy atom. The third-order valence-corrected chi connectivity index (χ3v) is 6.39. The maximum absolute atomic E-state index is 13.8. The minimum atomic E-state index is -0.456. The summed E-state index contributed by atoms with van der Waals surface area (Å²) in [6.45, 7) is 2.30. The van der Waals surface area contributed by atoms with Crippen LogP contribution in [0.2, 0.25) is 0 Å². The standard InChI is InChI=1S/C27H31N3O2/c1-2-24(31)23(15-18-28)29-27(16-17-27)22-14-9-19-30(26(22)32)25(20-10-5-3-6-11-20)21-12-7-4-8-13-21/h3-14,19,23,25,29H,2,15-18,28H2,1H3. The van der Waals surface area contributed by atoms with Crippen LogP contribution in [0.4, 0.5) is 0 Å². The van der Waals surface area contributed by atoms with E-state index in [2.05, 4.69) is 29.6 Å². The summed E-state index contributed by atoms with van der Waals surface area (Å²) in [6, 6.07) is 23.5. The topological polar surface area (TPSA) is 77.1 Å². The average Bonchev–Trinajstić information content (AvgIpc) is 3.61. The second kappa shape index (κ2) is 9.63. The number of nitrogens with zero attached hydrogens (tertiary/aromatic N) is 1. The molecule has 32 heavy (non-hydrogen) atoms. The maximum atomic E-state index is 13.8. The molecule has 1 atom stereocenters. The van der Waals surface area contributed by atoms with Crippen molar-refractivity contribution in [1.82, 2.24) is 9.88 Å². The van der Waals surface area contributed by atoms with Crippen LogP contribution in [-0.2, 0) is 10.3 Å². The molecular weight excluding hydrogens is 398 g/mol. The molecular formula is C27H31N3O2. The zero-order valence-corrected chi connectivity index (χ0v) is 18.5. The normalized spacial score (nSPS) is 15.5. The fourth-order valence-corrected chi connectivity index (χ4v) is 4.54. The van der Waals surface area contributed by atoms with Crippen molar-refractivity contribution in [2.75, 3.05) is 6.54 Å². The lowest BCUT2D eigenvalue weighted by molar-refractivity contribution is -0.121. The van der Waals surface area contributed by atoms with Crippen LogP contribution in [-0.4, -0.2) is 22.9 Å². The predicted octanol–water partition coefficient (Wildman–Crippen LogP) is 3.76. The summed E-state index contributed by atoms with van der Waals surface area (Å²) in [5.41, 5.74) is 8.12. The van der Waals surface area contributed by atoms with Crippen LogP contribution in [0.15, 0.2) is 83.8 Å². The third-order valence-electron chi connectivity index (χ3n) is 6.39. The molecule has 166 valence electrons. The second-order valence-corrected chi connectivity index (χ2v) is 8.53. The molecule has 1 fully saturated rings. The number of Topliss-reactive ketones (excluding diaryl/α,β-unsaturated/α-hetero) is 1. The van der Waals surface area contributed by atoms with E-state index in [1.165, 1.54) is 0 Å². The van der Waals surface area contributed by atoms with E-state index in [0.717, 1.165) is 29.5 Å². The molecule has 0 spiro atoms. The molecule has 5 nitrogen and oxygen atoms in total. The van der Waals surface area contributed by atoms with Crippen molar-refractivity contribution in [3.63, 3.8) is 0 Å². The van der Waals surface area contributed by atoms with E-state index in [0.29, 0.717) is 19.4 Å². The first-order valence-electron chi connectivity index (χ1n) is 11.4. The number of rotatable bonds is 10. The van der Waals surface area contributed by atoms with Gasteiger partial charge in [0.05, 0.1) is 12.1 Å². The van der Waals surface area contributed by atoms with Crippen LogP contribution < -0.4 is 16.6 Å². The number of carbonyl (C=O) groups is 1. The van der Waals surface area contributed by atoms with Gasteiger partial charge in [-0.15, -0.1) is 0 Å². The van der Waals surface area contributed by atoms with Crippen LogP contribution >= 0.6 is 0 Å². The highest BCUT2D eigenvalue weighted by atomic mass is 16.1. The van der Waals surface area contributed by atoms with Gasteiger partial charge in [0.25, 0.3) is 5.56 Å². The van der Waals surface area contributed by atoms with Crippen LogP contribution in [0.1, 0.15) is 55.3 Å². The lowest BCUT2D eigenvalue weighted by Crippen LogP contribution is -2.47. The minimum absolute atomic E-state index is 0.0225. The average molecular weight is 430 g/mol. The first-order chi connectivity index (χ1) is 15.6. The Balaban J connectivity index is 1.76. The summed E-state index contributed by atoms with van der Waals surface area (Å²) < 4.78 is 1.82. The Labute approximate surface area is 189 Å². The van der Waals surface area contributed by atoms with Crippen molar-refractivity contribution in [3.8, 4) is 0 Å². The van der Waals surface area contributed by atoms with Gasteiger partial charge in [-0.05, 0) is 43.0 Å². The summed E-state index contributed by atoms with van der Waals surface area (Å²) in [7, 11) is 0. The van der Waals surface area contributed by atoms with E-state index >= 15 is 0 Å². The van der Waals surface area contributed by atoms with Crippen molar-refractivity contribution in [1.29, 1.82) is 0 Å². The molecule has 1 saturated carbocycles. The van der Waals surface area contributed by atoms with E-state index in [4.69, 9.17) is 5.73 Å². The van der Waals surface area contributed by atoms with E-state index in [9.17, 15) is 9.59 Å². The Hall–Kier alpha value is -3.02. The first kappa shape index (κ1) is 22.2. The molecule has 0 radical (unpaired) electrons. The highest BCUT2D eigenvalue weighted by molar-refractivity contribution is 5.83. The number of aromatic nitrogens is 1. The van der Waals surface area contributed by atoms with Crippen LogP contribution in [0.5, 0.6) is 0 Å². The molecule has 5 heteroatoms. The molecule has 0 saturated heterocycles. The smallest absolute Gasteiger partial charge is 0.256 e. The number of nitrogens with one attached hydrogen (secondary N) is 1. The zero-order chi connectivity index (χ0) is 22.6. The SMILES string of the molecule is CCC(=O)C(CCN)NC1(c2cccn(C(c3ccccc3)c3ccccc3)c2=O)CC1. The van der Waals surface area contributed by atoms with E-state index < -0.39 is 5.54 Å². The minimum Gasteiger partial charge on any atom is -0.330 e. The number of nitrogens with two attached hydrogens (primary N) is 1. The number of pyridine rings is 1. The molecule has 4 rings (SSSR count). The molecule has 1 aliphatic carbocycles. The Morgan fingerprint density at radius 2 is 1.59 bits per heavy atom. The quantitative estimate of drug-likeness (QED) is 0.514. The molecule has 1 heterocycles. The van der Waals surface area contributed by atoms with Crippen LogP contribution in [0.25, 0.3) is 0 Å². The Morgan fingerprint density at radius 3 is 2.09 bits per heavy atom. The molecule has 2 aromatic carbocycles. The van der Waals surface area contributed by atoms with Gasteiger partial charge in [0.2, 0.25) is 0 Å². The maximum Gasteiger partial charge on any atom is 0.256 e. The Kier molecular flexibility index (Phi) is 6.68. The Bertz CT molecular complexity index is 1070. The number of carbonyl (C=O) groups excluding carboxylic acids is 1. The summed E-state index contributed by atoms with van der Waals surface area (Å²) in [5.74, 6) is 0.143. The van der Waals surface area contributed by atoms with Crippen molar-refractivity contribution < 1.29 is 4.79 Å². The molecule has 3 N–H and O–H groups in total. The number of ketones is 1. The van der Waals surface area contributed by atoms with Crippen molar-refractivity contribution >= 4 is 5.78 Å². The first-order valence-corrected chi connectivity index (χ1v) is 11.4. The lowest BCUT2D eigenvalue weighted by Gasteiger charge is -2.27. The fraction of sp³-hybridized carbons (Fsp3) is 0.333. The zero-order valence-electron chi connectivity index (χ0n) is 18.5. The molecule has 3 aromatic rings. The van der Waals surface area contributed by atoms with Gasteiger partial charge in [-0.2, -0.15) is 0 Å². The van der Waals surface area contributed by atoms with Crippen LogP contribution in [0, 0.1) is 0 Å². The summed E-state index contributed by atoms with van der Waals surface area (Å²) in [4.78, 5) is 26.3. The summed E-state index contributed by atoms with van der Waals surface area (Å²) >= 11 is 0. The van der Waals surface area contributed by atoms with Gasteiger partial charge >= 0.3 is 0 Å². The fourth-order valence-electron chi connectivity index (χ4n) is 4.54. The largest absolute Gasteiger partial charge is 0.330 e. The molecule has 1 aromatic heterocycles. The molecule has 0 bridgehead atoms. The van der Waals surface area contributed by atoms with Gasteiger partial charge in [-0.3, -0.25) is 14.9 Å².